The lowest BCUT2D eigenvalue weighted by Crippen LogP contribution is -2.28. The minimum absolute atomic E-state index is 0.218. The standard InChI is InChI=1S/C13H11ClFNO2S2/c14-7-11-6-12(8-19-11)20(17,18)16-4-3-9-1-2-10(15)5-13(9)16/h1-2,5-6,8H,3-4,7H2. The van der Waals surface area contributed by atoms with Crippen molar-refractivity contribution >= 4 is 38.6 Å². The number of hydrogen-bond donors (Lipinski definition) is 0. The Kier molecular flexibility index (Phi) is 3.48. The monoisotopic (exact) mass is 331 g/mol. The average molecular weight is 332 g/mol. The fraction of sp³-hybridized carbons (Fsp3) is 0.231. The van der Waals surface area contributed by atoms with Crippen LogP contribution in [0.25, 0.3) is 0 Å². The van der Waals surface area contributed by atoms with Gasteiger partial charge in [-0.05, 0) is 30.2 Å². The molecule has 1 aliphatic heterocycles. The number of halogens is 2. The number of benzene rings is 1. The van der Waals surface area contributed by atoms with Crippen molar-refractivity contribution in [3.05, 3.63) is 45.9 Å². The molecule has 3 nitrogen and oxygen atoms in total. The third-order valence-electron chi connectivity index (χ3n) is 3.25. The van der Waals surface area contributed by atoms with Gasteiger partial charge >= 0.3 is 0 Å². The van der Waals surface area contributed by atoms with Gasteiger partial charge in [-0.3, -0.25) is 4.31 Å². The molecule has 1 aromatic heterocycles. The highest BCUT2D eigenvalue weighted by Gasteiger charge is 2.31. The van der Waals surface area contributed by atoms with Crippen molar-refractivity contribution in [2.75, 3.05) is 10.8 Å². The summed E-state index contributed by atoms with van der Waals surface area (Å²) < 4.78 is 39.8. The molecule has 1 aromatic carbocycles. The van der Waals surface area contributed by atoms with Gasteiger partial charge in [0.15, 0.2) is 0 Å². The van der Waals surface area contributed by atoms with Crippen LogP contribution in [0.5, 0.6) is 0 Å². The topological polar surface area (TPSA) is 37.4 Å². The van der Waals surface area contributed by atoms with E-state index < -0.39 is 15.8 Å². The molecule has 1 aliphatic rings. The molecule has 0 saturated carbocycles. The first-order valence-electron chi connectivity index (χ1n) is 5.97. The van der Waals surface area contributed by atoms with E-state index in [1.807, 2.05) is 0 Å². The van der Waals surface area contributed by atoms with E-state index in [1.165, 1.54) is 27.8 Å². The number of rotatable bonds is 3. The van der Waals surface area contributed by atoms with Crippen LogP contribution in [0.4, 0.5) is 10.1 Å². The summed E-state index contributed by atoms with van der Waals surface area (Å²) >= 11 is 7.01. The minimum Gasteiger partial charge on any atom is -0.266 e. The lowest BCUT2D eigenvalue weighted by molar-refractivity contribution is 0.592. The first-order chi connectivity index (χ1) is 9.52. The van der Waals surface area contributed by atoms with E-state index in [1.54, 1.807) is 17.5 Å². The smallest absolute Gasteiger partial charge is 0.265 e. The molecule has 2 aromatic rings. The van der Waals surface area contributed by atoms with Crippen LogP contribution in [0.2, 0.25) is 0 Å². The van der Waals surface area contributed by atoms with Crippen LogP contribution in [0.1, 0.15) is 10.4 Å². The summed E-state index contributed by atoms with van der Waals surface area (Å²) in [5, 5.41) is 1.57. The Morgan fingerprint density at radius 2 is 2.15 bits per heavy atom. The van der Waals surface area contributed by atoms with E-state index in [4.69, 9.17) is 11.6 Å². The Morgan fingerprint density at radius 3 is 2.85 bits per heavy atom. The van der Waals surface area contributed by atoms with Gasteiger partial charge in [0.25, 0.3) is 10.0 Å². The molecule has 0 fully saturated rings. The summed E-state index contributed by atoms with van der Waals surface area (Å²) in [6, 6.07) is 5.84. The number of fused-ring (bicyclic) bond motifs is 1. The van der Waals surface area contributed by atoms with Crippen molar-refractivity contribution < 1.29 is 12.8 Å². The largest absolute Gasteiger partial charge is 0.266 e. The first kappa shape index (κ1) is 13.9. The summed E-state index contributed by atoms with van der Waals surface area (Å²) in [6.07, 6.45) is 0.599. The molecule has 2 heterocycles. The van der Waals surface area contributed by atoms with E-state index in [9.17, 15) is 12.8 Å². The normalized spacial score (nSPS) is 14.6. The second-order valence-corrected chi connectivity index (χ2v) is 7.61. The summed E-state index contributed by atoms with van der Waals surface area (Å²) in [6.45, 7) is 0.340. The van der Waals surface area contributed by atoms with E-state index in [-0.39, 0.29) is 10.8 Å². The lowest BCUT2D eigenvalue weighted by atomic mass is 10.2. The predicted octanol–water partition coefficient (Wildman–Crippen LogP) is 3.38. The second-order valence-electron chi connectivity index (χ2n) is 4.48. The zero-order valence-corrected chi connectivity index (χ0v) is 12.7. The molecule has 3 rings (SSSR count). The predicted molar refractivity (Wildman–Crippen MR) is 78.5 cm³/mol. The zero-order chi connectivity index (χ0) is 14.3. The summed E-state index contributed by atoms with van der Waals surface area (Å²) in [5.41, 5.74) is 1.28. The molecule has 0 saturated heterocycles. The Hall–Kier alpha value is -1.11. The van der Waals surface area contributed by atoms with Crippen molar-refractivity contribution in [2.45, 2.75) is 17.2 Å². The maximum Gasteiger partial charge on any atom is 0.265 e. The molecule has 7 heteroatoms. The Morgan fingerprint density at radius 1 is 1.35 bits per heavy atom. The van der Waals surface area contributed by atoms with Crippen molar-refractivity contribution in [1.29, 1.82) is 0 Å². The van der Waals surface area contributed by atoms with Crippen molar-refractivity contribution in [2.24, 2.45) is 0 Å². The third kappa shape index (κ3) is 2.21. The number of sulfonamides is 1. The number of anilines is 1. The molecular formula is C13H11ClFNO2S2. The van der Waals surface area contributed by atoms with Crippen LogP contribution < -0.4 is 4.31 Å². The van der Waals surface area contributed by atoms with Crippen LogP contribution in [-0.4, -0.2) is 15.0 Å². The van der Waals surface area contributed by atoms with Crippen LogP contribution in [0.3, 0.4) is 0 Å². The van der Waals surface area contributed by atoms with Gasteiger partial charge in [-0.25, -0.2) is 12.8 Å². The molecule has 0 bridgehead atoms. The van der Waals surface area contributed by atoms with Gasteiger partial charge in [0.1, 0.15) is 5.82 Å². The minimum atomic E-state index is -3.64. The summed E-state index contributed by atoms with van der Waals surface area (Å²) in [7, 11) is -3.64. The van der Waals surface area contributed by atoms with Gasteiger partial charge in [0.2, 0.25) is 0 Å². The van der Waals surface area contributed by atoms with Crippen molar-refractivity contribution in [1.82, 2.24) is 0 Å². The number of alkyl halides is 1. The van der Waals surface area contributed by atoms with E-state index in [2.05, 4.69) is 0 Å². The molecule has 0 spiro atoms. The molecule has 0 amide bonds. The van der Waals surface area contributed by atoms with Crippen molar-refractivity contribution in [3.63, 3.8) is 0 Å². The molecule has 0 N–H and O–H groups in total. The van der Waals surface area contributed by atoms with Gasteiger partial charge in [-0.2, -0.15) is 0 Å². The quantitative estimate of drug-likeness (QED) is 0.809. The van der Waals surface area contributed by atoms with Crippen LogP contribution in [0, 0.1) is 5.82 Å². The maximum absolute atomic E-state index is 13.3. The second kappa shape index (κ2) is 5.02. The summed E-state index contributed by atoms with van der Waals surface area (Å²) in [4.78, 5) is 1.01. The van der Waals surface area contributed by atoms with Gasteiger partial charge in [-0.15, -0.1) is 22.9 Å². The maximum atomic E-state index is 13.3. The average Bonchev–Trinajstić information content (AvgIpc) is 3.05. The number of hydrogen-bond acceptors (Lipinski definition) is 3. The molecule has 0 radical (unpaired) electrons. The Labute approximate surface area is 125 Å². The van der Waals surface area contributed by atoms with Gasteiger partial charge in [-0.1, -0.05) is 6.07 Å². The first-order valence-corrected chi connectivity index (χ1v) is 8.82. The molecule has 106 valence electrons. The highest BCUT2D eigenvalue weighted by molar-refractivity contribution is 7.93. The zero-order valence-electron chi connectivity index (χ0n) is 10.3. The SMILES string of the molecule is O=S(=O)(c1csc(CCl)c1)N1CCc2ccc(F)cc21. The fourth-order valence-corrected chi connectivity index (χ4v) is 5.14. The van der Waals surface area contributed by atoms with E-state index in [0.717, 1.165) is 10.4 Å². The van der Waals surface area contributed by atoms with Crippen LogP contribution in [0.15, 0.2) is 34.5 Å². The van der Waals surface area contributed by atoms with Crippen LogP contribution in [-0.2, 0) is 22.3 Å². The lowest BCUT2D eigenvalue weighted by Gasteiger charge is -2.18. The Balaban J connectivity index is 2.04. The van der Waals surface area contributed by atoms with Gasteiger partial charge < -0.3 is 0 Å². The van der Waals surface area contributed by atoms with Gasteiger partial charge in [0.05, 0.1) is 16.5 Å². The highest BCUT2D eigenvalue weighted by Crippen LogP contribution is 2.34. The summed E-state index contributed by atoms with van der Waals surface area (Å²) in [5.74, 6) is -0.150. The van der Waals surface area contributed by atoms with Gasteiger partial charge in [0, 0.05) is 16.8 Å². The van der Waals surface area contributed by atoms with E-state index >= 15 is 0 Å². The van der Waals surface area contributed by atoms with Crippen LogP contribution >= 0.6 is 22.9 Å². The van der Waals surface area contributed by atoms with E-state index in [0.29, 0.717) is 18.7 Å². The molecule has 0 atom stereocenters. The third-order valence-corrected chi connectivity index (χ3v) is 6.57. The fourth-order valence-electron chi connectivity index (χ4n) is 2.27. The molecule has 0 aliphatic carbocycles. The highest BCUT2D eigenvalue weighted by atomic mass is 35.5. The molecular weight excluding hydrogens is 321 g/mol. The molecule has 20 heavy (non-hydrogen) atoms. The van der Waals surface area contributed by atoms with Crippen molar-refractivity contribution in [3.8, 4) is 0 Å². The molecule has 0 unspecified atom stereocenters. The number of nitrogens with zero attached hydrogens (tertiary/aromatic N) is 1. The number of thiophene rings is 1. The Bertz CT molecular complexity index is 757.